The first-order valence-electron chi connectivity index (χ1n) is 6.66. The van der Waals surface area contributed by atoms with Gasteiger partial charge in [-0.05, 0) is 25.5 Å². The highest BCUT2D eigenvalue weighted by molar-refractivity contribution is 7.89. The van der Waals surface area contributed by atoms with Crippen LogP contribution in [0.15, 0.2) is 29.2 Å². The van der Waals surface area contributed by atoms with Crippen molar-refractivity contribution in [1.29, 1.82) is 5.26 Å². The lowest BCUT2D eigenvalue weighted by atomic mass is 10.2. The summed E-state index contributed by atoms with van der Waals surface area (Å²) in [6.45, 7) is 5.71. The van der Waals surface area contributed by atoms with Crippen LogP contribution in [0, 0.1) is 18.3 Å². The minimum absolute atomic E-state index is 0.168. The molecule has 0 bridgehead atoms. The maximum atomic E-state index is 12.6. The fourth-order valence-corrected chi connectivity index (χ4v) is 4.05. The van der Waals surface area contributed by atoms with Crippen molar-refractivity contribution in [3.05, 3.63) is 29.8 Å². The predicted molar refractivity (Wildman–Crippen MR) is 76.6 cm³/mol. The molecule has 2 rings (SSSR count). The molecule has 0 saturated carbocycles. The molecule has 0 amide bonds. The van der Waals surface area contributed by atoms with Gasteiger partial charge in [0.25, 0.3) is 0 Å². The fourth-order valence-electron chi connectivity index (χ4n) is 2.40. The molecule has 1 aliphatic heterocycles. The summed E-state index contributed by atoms with van der Waals surface area (Å²) in [5.41, 5.74) is 0.764. The quantitative estimate of drug-likeness (QED) is 0.840. The van der Waals surface area contributed by atoms with Crippen LogP contribution in [0.4, 0.5) is 0 Å². The van der Waals surface area contributed by atoms with E-state index in [1.807, 2.05) is 17.9 Å². The molecular weight excluding hydrogens is 274 g/mol. The molecule has 1 saturated heterocycles. The third kappa shape index (κ3) is 2.85. The number of hydrogen-bond donors (Lipinski definition) is 0. The Hall–Kier alpha value is -1.42. The molecule has 1 unspecified atom stereocenters. The van der Waals surface area contributed by atoms with Crippen LogP contribution in [0.5, 0.6) is 0 Å². The minimum atomic E-state index is -3.42. The molecule has 1 aromatic rings. The largest absolute Gasteiger partial charge is 0.286 e. The van der Waals surface area contributed by atoms with Crippen LogP contribution in [0.3, 0.4) is 0 Å². The van der Waals surface area contributed by atoms with E-state index in [1.54, 1.807) is 25.1 Å². The molecule has 5 nitrogen and oxygen atoms in total. The van der Waals surface area contributed by atoms with Crippen LogP contribution in [0.25, 0.3) is 0 Å². The van der Waals surface area contributed by atoms with E-state index in [4.69, 9.17) is 5.26 Å². The van der Waals surface area contributed by atoms with E-state index in [-0.39, 0.29) is 6.04 Å². The van der Waals surface area contributed by atoms with Crippen LogP contribution in [0.1, 0.15) is 12.5 Å². The average Bonchev–Trinajstić information content (AvgIpc) is 2.47. The first-order valence-corrected chi connectivity index (χ1v) is 8.10. The average molecular weight is 293 g/mol. The number of hydrogen-bond acceptors (Lipinski definition) is 4. The molecule has 1 aromatic carbocycles. The maximum Gasteiger partial charge on any atom is 0.243 e. The Kier molecular flexibility index (Phi) is 4.43. The van der Waals surface area contributed by atoms with Crippen molar-refractivity contribution < 1.29 is 8.42 Å². The summed E-state index contributed by atoms with van der Waals surface area (Å²) < 4.78 is 26.7. The Balaban J connectivity index is 2.15. The van der Waals surface area contributed by atoms with Gasteiger partial charge >= 0.3 is 0 Å². The number of nitriles is 1. The Morgan fingerprint density at radius 1 is 1.20 bits per heavy atom. The van der Waals surface area contributed by atoms with Gasteiger partial charge in [0.15, 0.2) is 0 Å². The lowest BCUT2D eigenvalue weighted by Crippen LogP contribution is -2.51. The maximum absolute atomic E-state index is 12.6. The Bertz CT molecular complexity index is 614. The van der Waals surface area contributed by atoms with E-state index in [1.165, 1.54) is 4.31 Å². The van der Waals surface area contributed by atoms with E-state index in [0.717, 1.165) is 5.56 Å². The van der Waals surface area contributed by atoms with E-state index < -0.39 is 10.0 Å². The summed E-state index contributed by atoms with van der Waals surface area (Å²) in [6.07, 6.45) is 0. The molecule has 0 aliphatic carbocycles. The van der Waals surface area contributed by atoms with Crippen molar-refractivity contribution in [3.8, 4) is 6.07 Å². The van der Waals surface area contributed by atoms with Gasteiger partial charge < -0.3 is 0 Å². The standard InChI is InChI=1S/C14H19N3O2S/c1-12-5-3-4-6-14(12)20(18,19)17-9-7-16(8-10-17)13(2)11-15/h3-6,13H,7-10H2,1-2H3. The normalized spacial score (nSPS) is 19.4. The lowest BCUT2D eigenvalue weighted by molar-refractivity contribution is 0.169. The van der Waals surface area contributed by atoms with E-state index >= 15 is 0 Å². The van der Waals surface area contributed by atoms with Crippen LogP contribution < -0.4 is 0 Å². The summed E-state index contributed by atoms with van der Waals surface area (Å²) >= 11 is 0. The second kappa shape index (κ2) is 5.92. The summed E-state index contributed by atoms with van der Waals surface area (Å²) in [4.78, 5) is 2.38. The SMILES string of the molecule is Cc1ccccc1S(=O)(=O)N1CCN(C(C)C#N)CC1. The first kappa shape index (κ1) is 15.0. The molecule has 1 aliphatic rings. The Morgan fingerprint density at radius 3 is 2.35 bits per heavy atom. The smallest absolute Gasteiger partial charge is 0.243 e. The summed E-state index contributed by atoms with van der Waals surface area (Å²) in [5.74, 6) is 0. The zero-order valence-electron chi connectivity index (χ0n) is 11.8. The zero-order valence-corrected chi connectivity index (χ0v) is 12.6. The van der Waals surface area contributed by atoms with Gasteiger partial charge in [-0.15, -0.1) is 0 Å². The Morgan fingerprint density at radius 2 is 1.80 bits per heavy atom. The van der Waals surface area contributed by atoms with Crippen molar-refractivity contribution in [2.75, 3.05) is 26.2 Å². The molecule has 0 spiro atoms. The van der Waals surface area contributed by atoms with E-state index in [0.29, 0.717) is 31.1 Å². The third-order valence-electron chi connectivity index (χ3n) is 3.72. The molecule has 0 N–H and O–H groups in total. The van der Waals surface area contributed by atoms with Crippen LogP contribution >= 0.6 is 0 Å². The second-order valence-electron chi connectivity index (χ2n) is 5.01. The molecule has 1 heterocycles. The molecule has 20 heavy (non-hydrogen) atoms. The van der Waals surface area contributed by atoms with Crippen molar-refractivity contribution >= 4 is 10.0 Å². The van der Waals surface area contributed by atoms with Gasteiger partial charge in [-0.2, -0.15) is 9.57 Å². The van der Waals surface area contributed by atoms with Gasteiger partial charge in [0, 0.05) is 26.2 Å². The molecule has 108 valence electrons. The minimum Gasteiger partial charge on any atom is -0.286 e. The molecule has 0 radical (unpaired) electrons. The highest BCUT2D eigenvalue weighted by Crippen LogP contribution is 2.21. The molecule has 6 heteroatoms. The fraction of sp³-hybridized carbons (Fsp3) is 0.500. The molecule has 1 fully saturated rings. The second-order valence-corrected chi connectivity index (χ2v) is 6.92. The highest BCUT2D eigenvalue weighted by atomic mass is 32.2. The van der Waals surface area contributed by atoms with Gasteiger partial charge in [0.2, 0.25) is 10.0 Å². The number of benzene rings is 1. The number of piperazine rings is 1. The highest BCUT2D eigenvalue weighted by Gasteiger charge is 2.30. The monoisotopic (exact) mass is 293 g/mol. The molecular formula is C14H19N3O2S. The Labute approximate surface area is 120 Å². The van der Waals surface area contributed by atoms with Gasteiger partial charge in [0.1, 0.15) is 0 Å². The van der Waals surface area contributed by atoms with E-state index in [2.05, 4.69) is 6.07 Å². The number of aryl methyl sites for hydroxylation is 1. The van der Waals surface area contributed by atoms with Crippen LogP contribution in [-0.2, 0) is 10.0 Å². The summed E-state index contributed by atoms with van der Waals surface area (Å²) in [5, 5.41) is 8.90. The lowest BCUT2D eigenvalue weighted by Gasteiger charge is -2.35. The zero-order chi connectivity index (χ0) is 14.8. The number of sulfonamides is 1. The summed E-state index contributed by atoms with van der Waals surface area (Å²) in [7, 11) is -3.42. The topological polar surface area (TPSA) is 64.4 Å². The van der Waals surface area contributed by atoms with Crippen LogP contribution in [0.2, 0.25) is 0 Å². The van der Waals surface area contributed by atoms with Gasteiger partial charge in [-0.1, -0.05) is 18.2 Å². The molecule has 1 atom stereocenters. The number of rotatable bonds is 3. The number of nitrogens with zero attached hydrogens (tertiary/aromatic N) is 3. The first-order chi connectivity index (χ1) is 9.46. The van der Waals surface area contributed by atoms with Gasteiger partial charge in [0.05, 0.1) is 17.0 Å². The van der Waals surface area contributed by atoms with Gasteiger partial charge in [-0.3, -0.25) is 4.90 Å². The molecule has 0 aromatic heterocycles. The van der Waals surface area contributed by atoms with Crippen molar-refractivity contribution in [3.63, 3.8) is 0 Å². The predicted octanol–water partition coefficient (Wildman–Crippen LogP) is 1.21. The van der Waals surface area contributed by atoms with Crippen molar-refractivity contribution in [2.24, 2.45) is 0 Å². The van der Waals surface area contributed by atoms with Gasteiger partial charge in [-0.25, -0.2) is 8.42 Å². The van der Waals surface area contributed by atoms with Crippen molar-refractivity contribution in [2.45, 2.75) is 24.8 Å². The van der Waals surface area contributed by atoms with Crippen molar-refractivity contribution in [1.82, 2.24) is 9.21 Å². The van der Waals surface area contributed by atoms with E-state index in [9.17, 15) is 8.42 Å². The summed E-state index contributed by atoms with van der Waals surface area (Å²) in [6, 6.07) is 9.05. The third-order valence-corrected chi connectivity index (χ3v) is 5.78. The van der Waals surface area contributed by atoms with Crippen LogP contribution in [-0.4, -0.2) is 49.8 Å².